The van der Waals surface area contributed by atoms with Gasteiger partial charge in [0.15, 0.2) is 0 Å². The lowest BCUT2D eigenvalue weighted by Gasteiger charge is -2.16. The topological polar surface area (TPSA) is 56.2 Å². The molecule has 1 aliphatic rings. The van der Waals surface area contributed by atoms with Crippen LogP contribution in [0.15, 0.2) is 18.7 Å². The molecule has 82 valence electrons. The molecule has 1 unspecified atom stereocenters. The highest BCUT2D eigenvalue weighted by Crippen LogP contribution is 2.19. The number of esters is 1. The summed E-state index contributed by atoms with van der Waals surface area (Å²) in [6.45, 7) is 0.573. The van der Waals surface area contributed by atoms with E-state index in [0.717, 1.165) is 12.8 Å². The number of carbonyl (C=O) groups is 1. The first-order valence-electron chi connectivity index (χ1n) is 5.09. The standard InChI is InChI=1S/C10H15N3O2/c1-15-10(14)9(12-8-2-3-8)6-13-5-4-11-7-13/h4-5,7-9,12H,2-3,6H2,1H3. The molecule has 0 bridgehead atoms. The van der Waals surface area contributed by atoms with Crippen LogP contribution in [0.25, 0.3) is 0 Å². The van der Waals surface area contributed by atoms with Crippen molar-refractivity contribution in [2.24, 2.45) is 0 Å². The average Bonchev–Trinajstić information content (AvgIpc) is 2.91. The lowest BCUT2D eigenvalue weighted by molar-refractivity contribution is -0.143. The third kappa shape index (κ3) is 2.79. The van der Waals surface area contributed by atoms with E-state index in [1.807, 2.05) is 10.8 Å². The Hall–Kier alpha value is -1.36. The zero-order chi connectivity index (χ0) is 10.7. The van der Waals surface area contributed by atoms with Crippen LogP contribution < -0.4 is 5.32 Å². The summed E-state index contributed by atoms with van der Waals surface area (Å²) in [6, 6.07) is 0.217. The molecular weight excluding hydrogens is 194 g/mol. The fraction of sp³-hybridized carbons (Fsp3) is 0.600. The molecular formula is C10H15N3O2. The van der Waals surface area contributed by atoms with Gasteiger partial charge in [-0.2, -0.15) is 0 Å². The van der Waals surface area contributed by atoms with Crippen LogP contribution in [0.1, 0.15) is 12.8 Å². The molecule has 1 N–H and O–H groups in total. The maximum atomic E-state index is 11.5. The van der Waals surface area contributed by atoms with Crippen LogP contribution in [0.2, 0.25) is 0 Å². The van der Waals surface area contributed by atoms with E-state index < -0.39 is 0 Å². The molecule has 0 spiro atoms. The van der Waals surface area contributed by atoms with Gasteiger partial charge in [0.1, 0.15) is 6.04 Å². The van der Waals surface area contributed by atoms with Crippen LogP contribution in [0.5, 0.6) is 0 Å². The number of hydrogen-bond acceptors (Lipinski definition) is 4. The van der Waals surface area contributed by atoms with E-state index >= 15 is 0 Å². The fourth-order valence-corrected chi connectivity index (χ4v) is 1.48. The summed E-state index contributed by atoms with van der Waals surface area (Å²) in [6.07, 6.45) is 7.54. The van der Waals surface area contributed by atoms with Gasteiger partial charge < -0.3 is 14.6 Å². The lowest BCUT2D eigenvalue weighted by atomic mass is 10.3. The monoisotopic (exact) mass is 209 g/mol. The van der Waals surface area contributed by atoms with Crippen LogP contribution in [-0.2, 0) is 16.1 Å². The van der Waals surface area contributed by atoms with E-state index in [-0.39, 0.29) is 12.0 Å². The molecule has 0 saturated heterocycles. The number of nitrogens with one attached hydrogen (secondary N) is 1. The zero-order valence-electron chi connectivity index (χ0n) is 8.72. The molecule has 0 amide bonds. The van der Waals surface area contributed by atoms with Crippen LogP contribution in [0, 0.1) is 0 Å². The highest BCUT2D eigenvalue weighted by molar-refractivity contribution is 5.75. The second-order valence-electron chi connectivity index (χ2n) is 3.78. The van der Waals surface area contributed by atoms with Gasteiger partial charge in [0.2, 0.25) is 0 Å². The van der Waals surface area contributed by atoms with Crippen molar-refractivity contribution in [3.05, 3.63) is 18.7 Å². The van der Waals surface area contributed by atoms with Crippen molar-refractivity contribution in [1.29, 1.82) is 0 Å². The fourth-order valence-electron chi connectivity index (χ4n) is 1.48. The largest absolute Gasteiger partial charge is 0.468 e. The Balaban J connectivity index is 1.94. The van der Waals surface area contributed by atoms with Gasteiger partial charge >= 0.3 is 5.97 Å². The highest BCUT2D eigenvalue weighted by Gasteiger charge is 2.28. The van der Waals surface area contributed by atoms with E-state index in [1.54, 1.807) is 12.5 Å². The van der Waals surface area contributed by atoms with Crippen LogP contribution in [0.3, 0.4) is 0 Å². The number of ether oxygens (including phenoxy) is 1. The smallest absolute Gasteiger partial charge is 0.324 e. The van der Waals surface area contributed by atoms with Crippen molar-refractivity contribution < 1.29 is 9.53 Å². The summed E-state index contributed by atoms with van der Waals surface area (Å²) in [5, 5.41) is 3.26. The van der Waals surface area contributed by atoms with Crippen molar-refractivity contribution in [3.63, 3.8) is 0 Å². The van der Waals surface area contributed by atoms with Crippen molar-refractivity contribution >= 4 is 5.97 Å². The summed E-state index contributed by atoms with van der Waals surface area (Å²) in [5.41, 5.74) is 0. The molecule has 1 fully saturated rings. The Morgan fingerprint density at radius 1 is 1.73 bits per heavy atom. The van der Waals surface area contributed by atoms with E-state index in [9.17, 15) is 4.79 Å². The molecule has 5 heteroatoms. The van der Waals surface area contributed by atoms with Gasteiger partial charge in [-0.3, -0.25) is 4.79 Å². The summed E-state index contributed by atoms with van der Waals surface area (Å²) >= 11 is 0. The molecule has 1 heterocycles. The zero-order valence-corrected chi connectivity index (χ0v) is 8.72. The number of methoxy groups -OCH3 is 1. The van der Waals surface area contributed by atoms with Crippen molar-refractivity contribution in [3.8, 4) is 0 Å². The third-order valence-electron chi connectivity index (χ3n) is 2.45. The minimum absolute atomic E-state index is 0.212. The summed E-state index contributed by atoms with van der Waals surface area (Å²) in [4.78, 5) is 15.4. The third-order valence-corrected chi connectivity index (χ3v) is 2.45. The van der Waals surface area contributed by atoms with Crippen molar-refractivity contribution in [2.45, 2.75) is 31.5 Å². The molecule has 1 aromatic heterocycles. The number of carbonyl (C=O) groups excluding carboxylic acids is 1. The number of aromatic nitrogens is 2. The van der Waals surface area contributed by atoms with Crippen molar-refractivity contribution in [2.75, 3.05) is 7.11 Å². The Morgan fingerprint density at radius 2 is 2.53 bits per heavy atom. The predicted octanol–water partition coefficient (Wildman–Crippen LogP) is 0.177. The number of nitrogens with zero attached hydrogens (tertiary/aromatic N) is 2. The van der Waals surface area contributed by atoms with Gasteiger partial charge in [0.05, 0.1) is 13.4 Å². The molecule has 0 aromatic carbocycles. The molecule has 0 radical (unpaired) electrons. The van der Waals surface area contributed by atoms with E-state index in [4.69, 9.17) is 4.74 Å². The molecule has 0 aliphatic heterocycles. The van der Waals surface area contributed by atoms with Gasteiger partial charge in [-0.15, -0.1) is 0 Å². The molecule has 1 atom stereocenters. The lowest BCUT2D eigenvalue weighted by Crippen LogP contribution is -2.42. The van der Waals surface area contributed by atoms with Crippen LogP contribution in [0.4, 0.5) is 0 Å². The van der Waals surface area contributed by atoms with E-state index in [2.05, 4.69) is 10.3 Å². The first kappa shape index (κ1) is 10.2. The maximum Gasteiger partial charge on any atom is 0.324 e. The van der Waals surface area contributed by atoms with Gasteiger partial charge in [0, 0.05) is 25.0 Å². The quantitative estimate of drug-likeness (QED) is 0.703. The van der Waals surface area contributed by atoms with Gasteiger partial charge in [-0.05, 0) is 12.8 Å². The second-order valence-corrected chi connectivity index (χ2v) is 3.78. The number of imidazole rings is 1. The van der Waals surface area contributed by atoms with Gasteiger partial charge in [-0.1, -0.05) is 0 Å². The minimum Gasteiger partial charge on any atom is -0.468 e. The number of rotatable bonds is 5. The van der Waals surface area contributed by atoms with E-state index in [0.29, 0.717) is 12.6 Å². The summed E-state index contributed by atoms with van der Waals surface area (Å²) in [5.74, 6) is -0.212. The Bertz CT molecular complexity index is 319. The Kier molecular flexibility index (Phi) is 3.01. The predicted molar refractivity (Wildman–Crippen MR) is 54.2 cm³/mol. The second kappa shape index (κ2) is 4.44. The van der Waals surface area contributed by atoms with E-state index in [1.165, 1.54) is 7.11 Å². The molecule has 1 aromatic rings. The molecule has 2 rings (SSSR count). The maximum absolute atomic E-state index is 11.5. The first-order valence-corrected chi connectivity index (χ1v) is 5.09. The summed E-state index contributed by atoms with van der Waals surface area (Å²) < 4.78 is 6.63. The molecule has 15 heavy (non-hydrogen) atoms. The first-order chi connectivity index (χ1) is 7.29. The minimum atomic E-state index is -0.267. The van der Waals surface area contributed by atoms with Crippen LogP contribution >= 0.6 is 0 Å². The Morgan fingerprint density at radius 3 is 3.07 bits per heavy atom. The van der Waals surface area contributed by atoms with Crippen LogP contribution in [-0.4, -0.2) is 34.7 Å². The number of hydrogen-bond donors (Lipinski definition) is 1. The van der Waals surface area contributed by atoms with Crippen molar-refractivity contribution in [1.82, 2.24) is 14.9 Å². The molecule has 5 nitrogen and oxygen atoms in total. The van der Waals surface area contributed by atoms with Gasteiger partial charge in [-0.25, -0.2) is 4.98 Å². The summed E-state index contributed by atoms with van der Waals surface area (Å²) in [7, 11) is 1.41. The average molecular weight is 209 g/mol. The molecule has 1 saturated carbocycles. The normalized spacial score (nSPS) is 17.4. The molecule has 1 aliphatic carbocycles. The van der Waals surface area contributed by atoms with Gasteiger partial charge in [0.25, 0.3) is 0 Å². The Labute approximate surface area is 88.4 Å². The SMILES string of the molecule is COC(=O)C(Cn1ccnc1)NC1CC1. The highest BCUT2D eigenvalue weighted by atomic mass is 16.5.